The molecule has 0 saturated heterocycles. The molecule has 206 valence electrons. The van der Waals surface area contributed by atoms with Crippen molar-refractivity contribution in [1.29, 1.82) is 0 Å². The monoisotopic (exact) mass is 555 g/mol. The van der Waals surface area contributed by atoms with Crippen LogP contribution in [0, 0.1) is 6.92 Å². The van der Waals surface area contributed by atoms with Crippen LogP contribution in [0.5, 0.6) is 5.75 Å². The lowest BCUT2D eigenvalue weighted by atomic mass is 10.1. The van der Waals surface area contributed by atoms with Crippen molar-refractivity contribution in [3.63, 3.8) is 0 Å². The van der Waals surface area contributed by atoms with Crippen molar-refractivity contribution in [1.82, 2.24) is 8.87 Å². The van der Waals surface area contributed by atoms with Crippen LogP contribution in [0.15, 0.2) is 95.9 Å². The molecule has 4 aromatic carbocycles. The molecule has 0 fully saturated rings. The van der Waals surface area contributed by atoms with Crippen LogP contribution in [0.2, 0.25) is 0 Å². The van der Waals surface area contributed by atoms with Crippen molar-refractivity contribution < 1.29 is 17.9 Å². The van der Waals surface area contributed by atoms with E-state index in [2.05, 4.69) is 28.9 Å². The van der Waals surface area contributed by atoms with Gasteiger partial charge in [0.1, 0.15) is 5.75 Å². The Hall–Kier alpha value is -4.14. The largest absolute Gasteiger partial charge is 0.496 e. The molecule has 0 radical (unpaired) electrons. The number of rotatable bonds is 10. The van der Waals surface area contributed by atoms with Gasteiger partial charge in [-0.2, -0.15) is 4.31 Å². The Kier molecular flexibility index (Phi) is 7.91. The Morgan fingerprint density at radius 1 is 0.900 bits per heavy atom. The number of hydrogen-bond donors (Lipinski definition) is 1. The van der Waals surface area contributed by atoms with Crippen LogP contribution in [0.3, 0.4) is 0 Å². The van der Waals surface area contributed by atoms with E-state index in [0.29, 0.717) is 23.4 Å². The summed E-state index contributed by atoms with van der Waals surface area (Å²) in [5, 5.41) is 5.08. The van der Waals surface area contributed by atoms with Gasteiger partial charge in [0, 0.05) is 40.6 Å². The molecule has 7 nitrogen and oxygen atoms in total. The lowest BCUT2D eigenvalue weighted by Crippen LogP contribution is -2.39. The first-order valence-corrected chi connectivity index (χ1v) is 14.8. The summed E-state index contributed by atoms with van der Waals surface area (Å²) in [5.74, 6) is 0.202. The number of hydrogen-bond acceptors (Lipinski definition) is 4. The maximum absolute atomic E-state index is 13.8. The van der Waals surface area contributed by atoms with E-state index in [4.69, 9.17) is 4.74 Å². The second-order valence-corrected chi connectivity index (χ2v) is 11.7. The molecule has 0 spiro atoms. The smallest absolute Gasteiger partial charge is 0.243 e. The third-order valence-corrected chi connectivity index (χ3v) is 9.03. The van der Waals surface area contributed by atoms with Crippen LogP contribution >= 0.6 is 0 Å². The molecule has 0 saturated carbocycles. The number of nitrogens with zero attached hydrogens (tertiary/aromatic N) is 2. The maximum Gasteiger partial charge on any atom is 0.243 e. The third-order valence-electron chi connectivity index (χ3n) is 7.19. The molecule has 5 rings (SSSR count). The van der Waals surface area contributed by atoms with E-state index in [1.54, 1.807) is 26.2 Å². The number of benzene rings is 4. The molecule has 0 bridgehead atoms. The van der Waals surface area contributed by atoms with Gasteiger partial charge in [-0.3, -0.25) is 4.79 Å². The summed E-state index contributed by atoms with van der Waals surface area (Å²) in [6.45, 7) is 4.58. The highest BCUT2D eigenvalue weighted by molar-refractivity contribution is 7.89. The second-order valence-electron chi connectivity index (χ2n) is 9.75. The fourth-order valence-electron chi connectivity index (χ4n) is 5.18. The average molecular weight is 556 g/mol. The molecule has 40 heavy (non-hydrogen) atoms. The van der Waals surface area contributed by atoms with E-state index < -0.39 is 15.9 Å². The summed E-state index contributed by atoms with van der Waals surface area (Å²) in [4.78, 5) is 13.4. The van der Waals surface area contributed by atoms with Gasteiger partial charge < -0.3 is 14.6 Å². The van der Waals surface area contributed by atoms with Gasteiger partial charge in [-0.1, -0.05) is 48.5 Å². The average Bonchev–Trinajstić information content (AvgIpc) is 3.28. The van der Waals surface area contributed by atoms with Gasteiger partial charge in [0.15, 0.2) is 0 Å². The van der Waals surface area contributed by atoms with Gasteiger partial charge in [0.25, 0.3) is 0 Å². The van der Waals surface area contributed by atoms with E-state index in [1.807, 2.05) is 60.7 Å². The molecule has 0 aliphatic heterocycles. The van der Waals surface area contributed by atoms with Gasteiger partial charge >= 0.3 is 0 Å². The molecule has 0 atom stereocenters. The van der Waals surface area contributed by atoms with E-state index in [9.17, 15) is 13.2 Å². The minimum atomic E-state index is -3.96. The van der Waals surface area contributed by atoms with Crippen molar-refractivity contribution in [2.24, 2.45) is 0 Å². The van der Waals surface area contributed by atoms with Gasteiger partial charge in [-0.15, -0.1) is 0 Å². The number of carbonyl (C=O) groups excluding carboxylic acids is 1. The number of carbonyl (C=O) groups is 1. The molecule has 1 N–H and O–H groups in total. The predicted molar refractivity (Wildman–Crippen MR) is 160 cm³/mol. The lowest BCUT2D eigenvalue weighted by molar-refractivity contribution is -0.116. The molecule has 0 aliphatic carbocycles. The summed E-state index contributed by atoms with van der Waals surface area (Å²) in [7, 11) is -2.41. The van der Waals surface area contributed by atoms with E-state index in [1.165, 1.54) is 10.4 Å². The van der Waals surface area contributed by atoms with E-state index in [-0.39, 0.29) is 18.0 Å². The lowest BCUT2D eigenvalue weighted by Gasteiger charge is -2.22. The normalized spacial score (nSPS) is 11.8. The standard InChI is InChI=1S/C32H33N3O4S/c1-4-35-29-13-9-8-12-27(29)28-21-25(14-16-30(28)35)33-32(36)22-34(19-18-24-10-6-5-7-11-24)40(37,38)26-15-17-31(39-3)23(2)20-26/h5-17,20-21H,4,18-19,22H2,1-3H3,(H,33,36). The van der Waals surface area contributed by atoms with Crippen LogP contribution in [0.4, 0.5) is 5.69 Å². The van der Waals surface area contributed by atoms with Crippen LogP contribution < -0.4 is 10.1 Å². The minimum Gasteiger partial charge on any atom is -0.496 e. The molecule has 0 unspecified atom stereocenters. The highest BCUT2D eigenvalue weighted by Crippen LogP contribution is 2.31. The molecule has 8 heteroatoms. The van der Waals surface area contributed by atoms with Gasteiger partial charge in [0.05, 0.1) is 18.6 Å². The number of methoxy groups -OCH3 is 1. The Labute approximate surface area is 235 Å². The third kappa shape index (κ3) is 5.46. The molecular weight excluding hydrogens is 522 g/mol. The highest BCUT2D eigenvalue weighted by atomic mass is 32.2. The molecule has 5 aromatic rings. The SMILES string of the molecule is CCn1c2ccccc2c2cc(NC(=O)CN(CCc3ccccc3)S(=O)(=O)c3ccc(OC)c(C)c3)ccc21. The number of aryl methyl sites for hydroxylation is 2. The van der Waals surface area contributed by atoms with Crippen molar-refractivity contribution in [3.05, 3.63) is 102 Å². The number of amides is 1. The number of nitrogens with one attached hydrogen (secondary N) is 1. The number of aromatic nitrogens is 1. The summed E-state index contributed by atoms with van der Waals surface area (Å²) in [6, 6.07) is 28.4. The van der Waals surface area contributed by atoms with E-state index >= 15 is 0 Å². The van der Waals surface area contributed by atoms with E-state index in [0.717, 1.165) is 33.9 Å². The number of ether oxygens (including phenoxy) is 1. The van der Waals surface area contributed by atoms with Crippen molar-refractivity contribution in [2.75, 3.05) is 25.5 Å². The Balaban J connectivity index is 1.42. The number of fused-ring (bicyclic) bond motifs is 3. The van der Waals surface area contributed by atoms with Crippen molar-refractivity contribution in [2.45, 2.75) is 31.7 Å². The quantitative estimate of drug-likeness (QED) is 0.229. The molecule has 0 aliphatic rings. The Bertz CT molecular complexity index is 1780. The zero-order valence-electron chi connectivity index (χ0n) is 22.9. The van der Waals surface area contributed by atoms with Gasteiger partial charge in [0.2, 0.25) is 15.9 Å². The number of sulfonamides is 1. The molecule has 1 heterocycles. The zero-order valence-corrected chi connectivity index (χ0v) is 23.7. The first-order valence-electron chi connectivity index (χ1n) is 13.3. The number of anilines is 1. The predicted octanol–water partition coefficient (Wildman–Crippen LogP) is 6.00. The van der Waals surface area contributed by atoms with Crippen LogP contribution in [-0.4, -0.2) is 43.4 Å². The first-order chi connectivity index (χ1) is 19.3. The molecule has 1 aromatic heterocycles. The fraction of sp³-hybridized carbons (Fsp3) is 0.219. The fourth-order valence-corrected chi connectivity index (χ4v) is 6.66. The van der Waals surface area contributed by atoms with Crippen molar-refractivity contribution in [3.8, 4) is 5.75 Å². The molecular formula is C32H33N3O4S. The molecule has 1 amide bonds. The zero-order chi connectivity index (χ0) is 28.3. The maximum atomic E-state index is 13.8. The highest BCUT2D eigenvalue weighted by Gasteiger charge is 2.27. The summed E-state index contributed by atoms with van der Waals surface area (Å²) < 4.78 is 36.3. The summed E-state index contributed by atoms with van der Waals surface area (Å²) >= 11 is 0. The Morgan fingerprint density at radius 2 is 1.62 bits per heavy atom. The van der Waals surface area contributed by atoms with Crippen LogP contribution in [0.25, 0.3) is 21.8 Å². The van der Waals surface area contributed by atoms with Crippen LogP contribution in [-0.2, 0) is 27.8 Å². The van der Waals surface area contributed by atoms with Gasteiger partial charge in [-0.25, -0.2) is 8.42 Å². The van der Waals surface area contributed by atoms with Crippen LogP contribution in [0.1, 0.15) is 18.1 Å². The second kappa shape index (κ2) is 11.5. The summed E-state index contributed by atoms with van der Waals surface area (Å²) in [6.07, 6.45) is 0.477. The topological polar surface area (TPSA) is 80.6 Å². The minimum absolute atomic E-state index is 0.125. The number of para-hydroxylation sites is 1. The summed E-state index contributed by atoms with van der Waals surface area (Å²) in [5.41, 5.74) is 4.54. The van der Waals surface area contributed by atoms with Gasteiger partial charge in [-0.05, 0) is 73.9 Å². The first kappa shape index (κ1) is 27.4. The Morgan fingerprint density at radius 3 is 2.35 bits per heavy atom. The van der Waals surface area contributed by atoms with Crippen molar-refractivity contribution >= 4 is 43.4 Å².